The highest BCUT2D eigenvalue weighted by Gasteiger charge is 2.22. The summed E-state index contributed by atoms with van der Waals surface area (Å²) in [7, 11) is 0. The van der Waals surface area contributed by atoms with Crippen LogP contribution in [-0.4, -0.2) is 29.9 Å². The Bertz CT molecular complexity index is 429. The first kappa shape index (κ1) is 12.8. The van der Waals surface area contributed by atoms with Crippen LogP contribution in [0.2, 0.25) is 0 Å². The van der Waals surface area contributed by atoms with Crippen molar-refractivity contribution in [2.75, 3.05) is 13.1 Å². The normalized spacial score (nSPS) is 18.4. The molecule has 1 heterocycles. The van der Waals surface area contributed by atoms with Crippen LogP contribution in [-0.2, 0) is 4.79 Å². The Hall–Kier alpha value is -1.61. The van der Waals surface area contributed by atoms with Gasteiger partial charge in [-0.15, -0.1) is 0 Å². The van der Waals surface area contributed by atoms with Gasteiger partial charge in [0.1, 0.15) is 0 Å². The van der Waals surface area contributed by atoms with E-state index in [0.29, 0.717) is 0 Å². The Balaban J connectivity index is 1.95. The van der Waals surface area contributed by atoms with Crippen LogP contribution in [0.5, 0.6) is 0 Å². The molecule has 1 amide bonds. The summed E-state index contributed by atoms with van der Waals surface area (Å²) < 4.78 is 0. The van der Waals surface area contributed by atoms with E-state index in [4.69, 9.17) is 5.73 Å². The zero-order valence-electron chi connectivity index (χ0n) is 10.8. The molecule has 0 radical (unpaired) electrons. The Morgan fingerprint density at radius 3 is 2.44 bits per heavy atom. The fourth-order valence-corrected chi connectivity index (χ4v) is 2.31. The fraction of sp³-hybridized carbons (Fsp3) is 0.400. The smallest absolute Gasteiger partial charge is 0.234 e. The number of carbonyl (C=O) groups is 1. The van der Waals surface area contributed by atoms with Crippen LogP contribution < -0.4 is 5.73 Å². The van der Waals surface area contributed by atoms with Crippen molar-refractivity contribution in [3.05, 3.63) is 41.5 Å². The van der Waals surface area contributed by atoms with E-state index < -0.39 is 0 Å². The number of primary amides is 1. The number of rotatable bonds is 3. The van der Waals surface area contributed by atoms with Gasteiger partial charge in [-0.05, 0) is 25.3 Å². The van der Waals surface area contributed by atoms with Gasteiger partial charge in [0.15, 0.2) is 0 Å². The molecule has 0 bridgehead atoms. The molecular weight excluding hydrogens is 224 g/mol. The molecule has 96 valence electrons. The van der Waals surface area contributed by atoms with Gasteiger partial charge in [0.25, 0.3) is 0 Å². The number of amides is 1. The van der Waals surface area contributed by atoms with Crippen LogP contribution in [0.3, 0.4) is 0 Å². The van der Waals surface area contributed by atoms with Crippen LogP contribution >= 0.6 is 0 Å². The summed E-state index contributed by atoms with van der Waals surface area (Å²) in [5.41, 5.74) is 8.04. The zero-order valence-corrected chi connectivity index (χ0v) is 10.8. The molecule has 18 heavy (non-hydrogen) atoms. The Morgan fingerprint density at radius 2 is 1.89 bits per heavy atom. The van der Waals surface area contributed by atoms with Crippen LogP contribution in [0.4, 0.5) is 0 Å². The predicted octanol–water partition coefficient (Wildman–Crippen LogP) is 2.04. The van der Waals surface area contributed by atoms with Crippen molar-refractivity contribution in [1.29, 1.82) is 0 Å². The second kappa shape index (κ2) is 5.83. The SMILES string of the molecule is CC(C(N)=O)N1CCC(=Cc2ccccc2)CC1. The minimum absolute atomic E-state index is 0.150. The van der Waals surface area contributed by atoms with Crippen LogP contribution in [0, 0.1) is 0 Å². The summed E-state index contributed by atoms with van der Waals surface area (Å²) in [5, 5.41) is 0. The maximum atomic E-state index is 11.1. The molecule has 1 saturated heterocycles. The molecule has 1 aromatic rings. The van der Waals surface area contributed by atoms with Gasteiger partial charge in [-0.3, -0.25) is 9.69 Å². The molecule has 2 N–H and O–H groups in total. The zero-order chi connectivity index (χ0) is 13.0. The van der Waals surface area contributed by atoms with E-state index in [0.717, 1.165) is 25.9 Å². The number of carbonyl (C=O) groups excluding carboxylic acids is 1. The van der Waals surface area contributed by atoms with Crippen LogP contribution in [0.25, 0.3) is 6.08 Å². The van der Waals surface area contributed by atoms with Gasteiger partial charge in [-0.25, -0.2) is 0 Å². The lowest BCUT2D eigenvalue weighted by Gasteiger charge is -2.31. The highest BCUT2D eigenvalue weighted by atomic mass is 16.1. The molecule has 1 unspecified atom stereocenters. The van der Waals surface area contributed by atoms with Crippen molar-refractivity contribution in [2.45, 2.75) is 25.8 Å². The largest absolute Gasteiger partial charge is 0.368 e. The number of nitrogens with two attached hydrogens (primary N) is 1. The van der Waals surface area contributed by atoms with Crippen molar-refractivity contribution in [3.8, 4) is 0 Å². The average molecular weight is 244 g/mol. The molecule has 3 nitrogen and oxygen atoms in total. The number of benzene rings is 1. The second-order valence-electron chi connectivity index (χ2n) is 4.83. The van der Waals surface area contributed by atoms with Crippen molar-refractivity contribution < 1.29 is 4.79 Å². The molecule has 1 aliphatic heterocycles. The molecule has 2 rings (SSSR count). The van der Waals surface area contributed by atoms with E-state index in [-0.39, 0.29) is 11.9 Å². The molecule has 1 aromatic carbocycles. The van der Waals surface area contributed by atoms with Gasteiger partial charge in [0.05, 0.1) is 6.04 Å². The summed E-state index contributed by atoms with van der Waals surface area (Å²) in [6.45, 7) is 3.72. The van der Waals surface area contributed by atoms with E-state index in [1.54, 1.807) is 0 Å². The Labute approximate surface area is 108 Å². The lowest BCUT2D eigenvalue weighted by atomic mass is 10.00. The van der Waals surface area contributed by atoms with Gasteiger partial charge >= 0.3 is 0 Å². The summed E-state index contributed by atoms with van der Waals surface area (Å²) in [4.78, 5) is 13.3. The molecule has 0 aromatic heterocycles. The monoisotopic (exact) mass is 244 g/mol. The van der Waals surface area contributed by atoms with Gasteiger partial charge in [0, 0.05) is 13.1 Å². The number of hydrogen-bond acceptors (Lipinski definition) is 2. The first-order valence-corrected chi connectivity index (χ1v) is 6.44. The van der Waals surface area contributed by atoms with Gasteiger partial charge < -0.3 is 5.73 Å². The number of nitrogens with zero attached hydrogens (tertiary/aromatic N) is 1. The summed E-state index contributed by atoms with van der Waals surface area (Å²) in [5.74, 6) is -0.231. The third kappa shape index (κ3) is 3.20. The van der Waals surface area contributed by atoms with Crippen molar-refractivity contribution >= 4 is 12.0 Å². The third-order valence-electron chi connectivity index (χ3n) is 3.57. The van der Waals surface area contributed by atoms with Gasteiger partial charge in [-0.2, -0.15) is 0 Å². The summed E-state index contributed by atoms with van der Waals surface area (Å²) >= 11 is 0. The van der Waals surface area contributed by atoms with Gasteiger partial charge in [-0.1, -0.05) is 42.0 Å². The molecule has 3 heteroatoms. The number of hydrogen-bond donors (Lipinski definition) is 1. The Morgan fingerprint density at radius 1 is 1.28 bits per heavy atom. The number of likely N-dealkylation sites (tertiary alicyclic amines) is 1. The maximum Gasteiger partial charge on any atom is 0.234 e. The maximum absolute atomic E-state index is 11.1. The lowest BCUT2D eigenvalue weighted by molar-refractivity contribution is -0.122. The topological polar surface area (TPSA) is 46.3 Å². The first-order valence-electron chi connectivity index (χ1n) is 6.44. The van der Waals surface area contributed by atoms with E-state index in [1.807, 2.05) is 13.0 Å². The van der Waals surface area contributed by atoms with Crippen molar-refractivity contribution in [1.82, 2.24) is 4.90 Å². The van der Waals surface area contributed by atoms with Crippen LogP contribution in [0.1, 0.15) is 25.3 Å². The molecule has 0 saturated carbocycles. The molecule has 0 spiro atoms. The summed E-state index contributed by atoms with van der Waals surface area (Å²) in [6.07, 6.45) is 4.30. The van der Waals surface area contributed by atoms with E-state index in [2.05, 4.69) is 35.2 Å². The van der Waals surface area contributed by atoms with E-state index in [1.165, 1.54) is 11.1 Å². The van der Waals surface area contributed by atoms with Crippen molar-refractivity contribution in [2.24, 2.45) is 5.73 Å². The molecule has 1 atom stereocenters. The standard InChI is InChI=1S/C15H20N2O/c1-12(15(16)18)17-9-7-14(8-10-17)11-13-5-3-2-4-6-13/h2-6,11-12H,7-10H2,1H3,(H2,16,18). The number of piperidine rings is 1. The minimum atomic E-state index is -0.231. The lowest BCUT2D eigenvalue weighted by Crippen LogP contribution is -2.45. The molecule has 0 aliphatic carbocycles. The van der Waals surface area contributed by atoms with Crippen molar-refractivity contribution in [3.63, 3.8) is 0 Å². The quantitative estimate of drug-likeness (QED) is 0.884. The summed E-state index contributed by atoms with van der Waals surface area (Å²) in [6, 6.07) is 10.2. The highest BCUT2D eigenvalue weighted by molar-refractivity contribution is 5.79. The second-order valence-corrected chi connectivity index (χ2v) is 4.83. The molecule has 1 aliphatic rings. The van der Waals surface area contributed by atoms with Crippen LogP contribution in [0.15, 0.2) is 35.9 Å². The van der Waals surface area contributed by atoms with E-state index in [9.17, 15) is 4.79 Å². The third-order valence-corrected chi connectivity index (χ3v) is 3.57. The van der Waals surface area contributed by atoms with E-state index >= 15 is 0 Å². The average Bonchev–Trinajstić information content (AvgIpc) is 2.40. The first-order chi connectivity index (χ1) is 8.66. The predicted molar refractivity (Wildman–Crippen MR) is 73.9 cm³/mol. The minimum Gasteiger partial charge on any atom is -0.368 e. The van der Waals surface area contributed by atoms with Gasteiger partial charge in [0.2, 0.25) is 5.91 Å². The highest BCUT2D eigenvalue weighted by Crippen LogP contribution is 2.20. The fourth-order valence-electron chi connectivity index (χ4n) is 2.31. The molecule has 1 fully saturated rings. The Kier molecular flexibility index (Phi) is 4.15. The molecular formula is C15H20N2O.